The SMILES string of the molecule is Cn1cc(C(=O)N[C@@H](Cc2ccc(O)cc2)C(=O)O)cn1. The van der Waals surface area contributed by atoms with Gasteiger partial charge in [0.2, 0.25) is 0 Å². The number of phenols is 1. The lowest BCUT2D eigenvalue weighted by Gasteiger charge is -2.14. The number of amides is 1. The molecule has 0 saturated heterocycles. The molecule has 0 aliphatic carbocycles. The number of aliphatic carboxylic acids is 1. The predicted octanol–water partition coefficient (Wildman–Crippen LogP) is 0.551. The summed E-state index contributed by atoms with van der Waals surface area (Å²) in [5, 5.41) is 24.7. The Labute approximate surface area is 120 Å². The fourth-order valence-electron chi connectivity index (χ4n) is 1.85. The van der Waals surface area contributed by atoms with E-state index in [1.807, 2.05) is 0 Å². The number of rotatable bonds is 5. The lowest BCUT2D eigenvalue weighted by atomic mass is 10.1. The molecule has 0 radical (unpaired) electrons. The maximum atomic E-state index is 11.9. The van der Waals surface area contributed by atoms with Crippen LogP contribution < -0.4 is 5.32 Å². The molecule has 1 atom stereocenters. The molecule has 1 amide bonds. The second kappa shape index (κ2) is 6.08. The molecule has 0 saturated carbocycles. The monoisotopic (exact) mass is 289 g/mol. The van der Waals surface area contributed by atoms with Gasteiger partial charge in [0, 0.05) is 19.7 Å². The van der Waals surface area contributed by atoms with Crippen LogP contribution in [0.2, 0.25) is 0 Å². The van der Waals surface area contributed by atoms with Gasteiger partial charge in [-0.15, -0.1) is 0 Å². The molecule has 7 heteroatoms. The zero-order valence-corrected chi connectivity index (χ0v) is 11.4. The summed E-state index contributed by atoms with van der Waals surface area (Å²) in [4.78, 5) is 23.2. The highest BCUT2D eigenvalue weighted by atomic mass is 16.4. The number of hydrogen-bond acceptors (Lipinski definition) is 4. The third kappa shape index (κ3) is 3.82. The van der Waals surface area contributed by atoms with E-state index in [0.29, 0.717) is 11.1 Å². The van der Waals surface area contributed by atoms with Crippen LogP contribution in [-0.4, -0.2) is 37.9 Å². The average Bonchev–Trinajstić information content (AvgIpc) is 2.87. The highest BCUT2D eigenvalue weighted by Gasteiger charge is 2.21. The van der Waals surface area contributed by atoms with Gasteiger partial charge in [-0.2, -0.15) is 5.10 Å². The molecule has 2 rings (SSSR count). The number of nitrogens with one attached hydrogen (secondary N) is 1. The second-order valence-electron chi connectivity index (χ2n) is 4.64. The Kier molecular flexibility index (Phi) is 4.22. The van der Waals surface area contributed by atoms with Gasteiger partial charge in [-0.25, -0.2) is 4.79 Å². The van der Waals surface area contributed by atoms with Crippen molar-refractivity contribution in [3.8, 4) is 5.75 Å². The molecule has 1 aromatic heterocycles. The molecular formula is C14H15N3O4. The third-order valence-corrected chi connectivity index (χ3v) is 2.95. The summed E-state index contributed by atoms with van der Waals surface area (Å²) in [6.07, 6.45) is 3.01. The number of carbonyl (C=O) groups excluding carboxylic acids is 1. The van der Waals surface area contributed by atoms with Gasteiger partial charge >= 0.3 is 5.97 Å². The maximum Gasteiger partial charge on any atom is 0.326 e. The summed E-state index contributed by atoms with van der Waals surface area (Å²) in [7, 11) is 1.67. The molecule has 110 valence electrons. The van der Waals surface area contributed by atoms with E-state index in [4.69, 9.17) is 0 Å². The first-order valence-corrected chi connectivity index (χ1v) is 6.26. The Hall–Kier alpha value is -2.83. The molecule has 0 unspecified atom stereocenters. The number of hydrogen-bond donors (Lipinski definition) is 3. The highest BCUT2D eigenvalue weighted by molar-refractivity contribution is 5.96. The molecule has 1 aromatic carbocycles. The first kappa shape index (κ1) is 14.6. The van der Waals surface area contributed by atoms with Crippen molar-refractivity contribution in [3.63, 3.8) is 0 Å². The first-order chi connectivity index (χ1) is 9.95. The van der Waals surface area contributed by atoms with E-state index in [1.54, 1.807) is 19.2 Å². The normalized spacial score (nSPS) is 11.9. The number of carbonyl (C=O) groups is 2. The number of aryl methyl sites for hydroxylation is 1. The van der Waals surface area contributed by atoms with Crippen LogP contribution in [0.3, 0.4) is 0 Å². The minimum absolute atomic E-state index is 0.102. The zero-order valence-electron chi connectivity index (χ0n) is 11.4. The third-order valence-electron chi connectivity index (χ3n) is 2.95. The maximum absolute atomic E-state index is 11.9. The Morgan fingerprint density at radius 3 is 2.52 bits per heavy atom. The van der Waals surface area contributed by atoms with Crippen LogP contribution in [0.15, 0.2) is 36.7 Å². The molecule has 0 spiro atoms. The van der Waals surface area contributed by atoms with Crippen LogP contribution in [-0.2, 0) is 18.3 Å². The fraction of sp³-hybridized carbons (Fsp3) is 0.214. The van der Waals surface area contributed by atoms with E-state index in [2.05, 4.69) is 10.4 Å². The van der Waals surface area contributed by atoms with E-state index >= 15 is 0 Å². The Bertz CT molecular complexity index is 648. The van der Waals surface area contributed by atoms with Crippen molar-refractivity contribution in [3.05, 3.63) is 47.8 Å². The van der Waals surface area contributed by atoms with Crippen molar-refractivity contribution < 1.29 is 19.8 Å². The lowest BCUT2D eigenvalue weighted by Crippen LogP contribution is -2.42. The highest BCUT2D eigenvalue weighted by Crippen LogP contribution is 2.11. The summed E-state index contributed by atoms with van der Waals surface area (Å²) in [6, 6.07) is 5.11. The fourth-order valence-corrected chi connectivity index (χ4v) is 1.85. The van der Waals surface area contributed by atoms with Gasteiger partial charge in [0.25, 0.3) is 5.91 Å². The van der Waals surface area contributed by atoms with Crippen LogP contribution in [0.1, 0.15) is 15.9 Å². The predicted molar refractivity (Wildman–Crippen MR) is 73.9 cm³/mol. The summed E-state index contributed by atoms with van der Waals surface area (Å²) in [6.45, 7) is 0. The van der Waals surface area contributed by atoms with E-state index in [9.17, 15) is 19.8 Å². The smallest absolute Gasteiger partial charge is 0.326 e. The first-order valence-electron chi connectivity index (χ1n) is 6.26. The van der Waals surface area contributed by atoms with Crippen molar-refractivity contribution in [2.75, 3.05) is 0 Å². The largest absolute Gasteiger partial charge is 0.508 e. The van der Waals surface area contributed by atoms with Gasteiger partial charge in [-0.05, 0) is 17.7 Å². The molecule has 0 aliphatic rings. The molecular weight excluding hydrogens is 274 g/mol. The van der Waals surface area contributed by atoms with Gasteiger partial charge in [0.1, 0.15) is 11.8 Å². The number of nitrogens with zero attached hydrogens (tertiary/aromatic N) is 2. The van der Waals surface area contributed by atoms with Crippen molar-refractivity contribution in [1.29, 1.82) is 0 Å². The van der Waals surface area contributed by atoms with Crippen LogP contribution in [0.5, 0.6) is 5.75 Å². The van der Waals surface area contributed by atoms with Crippen molar-refractivity contribution in [1.82, 2.24) is 15.1 Å². The lowest BCUT2D eigenvalue weighted by molar-refractivity contribution is -0.139. The van der Waals surface area contributed by atoms with Crippen LogP contribution in [0.4, 0.5) is 0 Å². The standard InChI is InChI=1S/C14H15N3O4/c1-17-8-10(7-15-17)13(19)16-12(14(20)21)6-9-2-4-11(18)5-3-9/h2-5,7-8,12,18H,6H2,1H3,(H,16,19)(H,20,21)/t12-/m0/s1. The summed E-state index contributed by atoms with van der Waals surface area (Å²) in [5.41, 5.74) is 1.00. The number of aromatic nitrogens is 2. The molecule has 7 nitrogen and oxygen atoms in total. The van der Waals surface area contributed by atoms with Crippen molar-refractivity contribution >= 4 is 11.9 Å². The van der Waals surface area contributed by atoms with Crippen LogP contribution >= 0.6 is 0 Å². The van der Waals surface area contributed by atoms with Gasteiger partial charge in [-0.3, -0.25) is 9.48 Å². The molecule has 21 heavy (non-hydrogen) atoms. The van der Waals surface area contributed by atoms with Crippen LogP contribution in [0, 0.1) is 0 Å². The van der Waals surface area contributed by atoms with E-state index < -0.39 is 17.9 Å². The van der Waals surface area contributed by atoms with Crippen molar-refractivity contribution in [2.45, 2.75) is 12.5 Å². The Morgan fingerprint density at radius 2 is 2.00 bits per heavy atom. The van der Waals surface area contributed by atoms with E-state index in [0.717, 1.165) is 0 Å². The molecule has 1 heterocycles. The molecule has 0 fully saturated rings. The summed E-state index contributed by atoms with van der Waals surface area (Å²) < 4.78 is 1.46. The Balaban J connectivity index is 2.07. The Morgan fingerprint density at radius 1 is 1.33 bits per heavy atom. The molecule has 3 N–H and O–H groups in total. The number of carboxylic acid groups (broad SMARTS) is 1. The molecule has 0 aliphatic heterocycles. The van der Waals surface area contributed by atoms with Gasteiger partial charge in [0.15, 0.2) is 0 Å². The van der Waals surface area contributed by atoms with Gasteiger partial charge in [-0.1, -0.05) is 12.1 Å². The van der Waals surface area contributed by atoms with Gasteiger partial charge in [0.05, 0.1) is 11.8 Å². The van der Waals surface area contributed by atoms with E-state index in [-0.39, 0.29) is 12.2 Å². The minimum Gasteiger partial charge on any atom is -0.508 e. The molecule has 2 aromatic rings. The number of phenolic OH excluding ortho intramolecular Hbond substituents is 1. The number of aromatic hydroxyl groups is 1. The van der Waals surface area contributed by atoms with Crippen molar-refractivity contribution in [2.24, 2.45) is 7.05 Å². The molecule has 0 bridgehead atoms. The van der Waals surface area contributed by atoms with Gasteiger partial charge < -0.3 is 15.5 Å². The summed E-state index contributed by atoms with van der Waals surface area (Å²) >= 11 is 0. The van der Waals surface area contributed by atoms with E-state index in [1.165, 1.54) is 29.2 Å². The second-order valence-corrected chi connectivity index (χ2v) is 4.64. The average molecular weight is 289 g/mol. The minimum atomic E-state index is -1.12. The number of carboxylic acids is 1. The quantitative estimate of drug-likeness (QED) is 0.745. The summed E-state index contributed by atoms with van der Waals surface area (Å²) in [5.74, 6) is -1.51. The van der Waals surface area contributed by atoms with Crippen LogP contribution in [0.25, 0.3) is 0 Å². The number of benzene rings is 1. The zero-order chi connectivity index (χ0) is 15.4. The topological polar surface area (TPSA) is 104 Å².